The molecule has 220 valence electrons. The normalized spacial score (nSPS) is 18.4. The van der Waals surface area contributed by atoms with Crippen molar-refractivity contribution >= 4 is 34.0 Å². The Morgan fingerprint density at radius 1 is 1.19 bits per heavy atom. The lowest BCUT2D eigenvalue weighted by atomic mass is 10.0. The Morgan fingerprint density at radius 2 is 2.00 bits per heavy atom. The summed E-state index contributed by atoms with van der Waals surface area (Å²) in [6.45, 7) is 4.28. The van der Waals surface area contributed by atoms with Crippen molar-refractivity contribution in [1.29, 1.82) is 0 Å². The van der Waals surface area contributed by atoms with Gasteiger partial charge in [-0.25, -0.2) is 14.4 Å². The number of ether oxygens (including phenoxy) is 2. The highest BCUT2D eigenvalue weighted by molar-refractivity contribution is 6.31. The third-order valence-corrected chi connectivity index (χ3v) is 8.44. The fourth-order valence-electron chi connectivity index (χ4n) is 5.88. The fraction of sp³-hybridized carbons (Fsp3) is 0.367. The van der Waals surface area contributed by atoms with Crippen LogP contribution >= 0.6 is 11.6 Å². The lowest BCUT2D eigenvalue weighted by molar-refractivity contribution is 0.157. The third-order valence-electron chi connectivity index (χ3n) is 8.10. The van der Waals surface area contributed by atoms with Crippen LogP contribution in [0.4, 0.5) is 20.3 Å². The van der Waals surface area contributed by atoms with E-state index in [1.54, 1.807) is 37.8 Å². The van der Waals surface area contributed by atoms with Gasteiger partial charge in [-0.1, -0.05) is 11.6 Å². The molecule has 4 aromatic rings. The lowest BCUT2D eigenvalue weighted by Gasteiger charge is -2.40. The second-order valence-electron chi connectivity index (χ2n) is 10.9. The molecule has 2 N–H and O–H groups in total. The number of hydrogen-bond acceptors (Lipinski definition) is 8. The molecule has 6 rings (SSSR count). The smallest absolute Gasteiger partial charge is 0.213 e. The number of nitrogens with two attached hydrogens (primary N) is 1. The van der Waals surface area contributed by atoms with Crippen LogP contribution in [0.15, 0.2) is 47.7 Å². The number of aromatic nitrogens is 3. The van der Waals surface area contributed by atoms with Crippen molar-refractivity contribution in [3.8, 4) is 11.6 Å². The summed E-state index contributed by atoms with van der Waals surface area (Å²) >= 11 is 6.58. The first-order valence-electron chi connectivity index (χ1n) is 13.8. The van der Waals surface area contributed by atoms with Gasteiger partial charge in [0, 0.05) is 56.2 Å². The molecule has 12 heteroatoms. The minimum Gasteiger partial charge on any atom is -0.486 e. The number of nitrogen functional groups attached to an aromatic ring is 1. The first kappa shape index (κ1) is 28.2. The topological polar surface area (TPSA) is 98.7 Å². The molecule has 42 heavy (non-hydrogen) atoms. The highest BCUT2D eigenvalue weighted by Crippen LogP contribution is 2.36. The van der Waals surface area contributed by atoms with E-state index < -0.39 is 11.6 Å². The molecule has 2 atom stereocenters. The summed E-state index contributed by atoms with van der Waals surface area (Å²) in [5.74, 6) is -1.53. The van der Waals surface area contributed by atoms with Gasteiger partial charge in [-0.05, 0) is 43.5 Å². The summed E-state index contributed by atoms with van der Waals surface area (Å²) in [6, 6.07) is 6.35. The maximum absolute atomic E-state index is 14.6. The molecule has 9 nitrogen and oxygen atoms in total. The van der Waals surface area contributed by atoms with Crippen molar-refractivity contribution in [2.24, 2.45) is 0 Å². The van der Waals surface area contributed by atoms with Gasteiger partial charge >= 0.3 is 0 Å². The average Bonchev–Trinajstić information content (AvgIpc) is 2.99. The number of pyridine rings is 3. The molecular weight excluding hydrogens is 566 g/mol. The fourth-order valence-corrected chi connectivity index (χ4v) is 6.04. The van der Waals surface area contributed by atoms with Gasteiger partial charge in [0.05, 0.1) is 41.0 Å². The van der Waals surface area contributed by atoms with Gasteiger partial charge in [0.25, 0.3) is 0 Å². The van der Waals surface area contributed by atoms with Crippen LogP contribution in [-0.4, -0.2) is 52.3 Å². The monoisotopic (exact) mass is 596 g/mol. The van der Waals surface area contributed by atoms with Gasteiger partial charge < -0.3 is 24.7 Å². The number of piperidine rings is 1. The van der Waals surface area contributed by atoms with Crippen molar-refractivity contribution in [3.63, 3.8) is 0 Å². The molecule has 0 bridgehead atoms. The first-order valence-corrected chi connectivity index (χ1v) is 14.2. The summed E-state index contributed by atoms with van der Waals surface area (Å²) in [4.78, 5) is 26.7. The van der Waals surface area contributed by atoms with Crippen LogP contribution in [0.25, 0.3) is 10.9 Å². The van der Waals surface area contributed by atoms with E-state index in [4.69, 9.17) is 26.8 Å². The van der Waals surface area contributed by atoms with Gasteiger partial charge in [-0.15, -0.1) is 0 Å². The summed E-state index contributed by atoms with van der Waals surface area (Å²) in [6.07, 6.45) is 6.88. The predicted molar refractivity (Wildman–Crippen MR) is 157 cm³/mol. The number of methoxy groups -OCH3 is 1. The second-order valence-corrected chi connectivity index (χ2v) is 11.3. The Hall–Kier alpha value is -3.96. The van der Waals surface area contributed by atoms with Gasteiger partial charge in [-0.3, -0.25) is 9.69 Å². The molecule has 1 saturated heterocycles. The number of rotatable bonds is 7. The number of halogens is 3. The van der Waals surface area contributed by atoms with Crippen LogP contribution in [-0.2, 0) is 13.1 Å². The Morgan fingerprint density at radius 3 is 2.76 bits per heavy atom. The SMILES string of the molecule is COc1cc(CN(Cc2cn3c4c(c(F)c(F)cc4c2=O)OCC3C)[C@H]2CCCN(c3ccc(N)nc3)C2)c(Cl)cn1. The van der Waals surface area contributed by atoms with E-state index in [2.05, 4.69) is 19.8 Å². The molecular formula is C30H31ClF2N6O3. The number of anilines is 2. The second kappa shape index (κ2) is 11.4. The Labute approximate surface area is 246 Å². The van der Waals surface area contributed by atoms with Gasteiger partial charge in [-0.2, -0.15) is 4.39 Å². The highest BCUT2D eigenvalue weighted by atomic mass is 35.5. The maximum Gasteiger partial charge on any atom is 0.213 e. The summed E-state index contributed by atoms with van der Waals surface area (Å²) < 4.78 is 41.9. The van der Waals surface area contributed by atoms with E-state index >= 15 is 0 Å². The predicted octanol–water partition coefficient (Wildman–Crippen LogP) is 4.94. The number of nitrogens with zero attached hydrogens (tertiary/aromatic N) is 5. The largest absolute Gasteiger partial charge is 0.486 e. The molecule has 0 spiro atoms. The van der Waals surface area contributed by atoms with E-state index in [9.17, 15) is 13.6 Å². The van der Waals surface area contributed by atoms with Crippen molar-refractivity contribution in [2.75, 3.05) is 37.4 Å². The zero-order chi connectivity index (χ0) is 29.5. The summed E-state index contributed by atoms with van der Waals surface area (Å²) in [5, 5.41) is 0.573. The molecule has 3 aromatic heterocycles. The standard InChI is InChI=1S/C30H31ClF2N6O3/c1-17-16-42-30-27(33)24(32)9-22-28(30)39(17)14-19(29(22)40)13-38(12-18-8-26(41-2)36-11-23(18)31)21-4-3-7-37(15-21)20-5-6-25(34)35-10-20/h5-6,8-11,14,17,21H,3-4,7,12-13,15-16H2,1-2H3,(H2,34,35)/t17?,21-/m0/s1. The zero-order valence-corrected chi connectivity index (χ0v) is 24.1. The number of hydrogen-bond donors (Lipinski definition) is 1. The van der Waals surface area contributed by atoms with Gasteiger partial charge in [0.1, 0.15) is 12.4 Å². The quantitative estimate of drug-likeness (QED) is 0.320. The molecule has 0 saturated carbocycles. The molecule has 1 unspecified atom stereocenters. The minimum absolute atomic E-state index is 0.0317. The molecule has 1 aromatic carbocycles. The molecule has 1 fully saturated rings. The minimum atomic E-state index is -1.11. The molecule has 0 amide bonds. The molecule has 5 heterocycles. The molecule has 2 aliphatic rings. The van der Waals surface area contributed by atoms with Crippen LogP contribution in [0.3, 0.4) is 0 Å². The van der Waals surface area contributed by atoms with Crippen LogP contribution in [0.1, 0.15) is 36.9 Å². The first-order chi connectivity index (χ1) is 20.2. The van der Waals surface area contributed by atoms with Crippen LogP contribution in [0.5, 0.6) is 11.6 Å². The molecule has 0 radical (unpaired) electrons. The third kappa shape index (κ3) is 5.22. The Bertz CT molecular complexity index is 1700. The van der Waals surface area contributed by atoms with Crippen molar-refractivity contribution in [1.82, 2.24) is 19.4 Å². The van der Waals surface area contributed by atoms with Gasteiger partial charge in [0.2, 0.25) is 11.7 Å². The lowest BCUT2D eigenvalue weighted by Crippen LogP contribution is -2.48. The highest BCUT2D eigenvalue weighted by Gasteiger charge is 2.30. The van der Waals surface area contributed by atoms with Crippen LogP contribution in [0, 0.1) is 11.6 Å². The van der Waals surface area contributed by atoms with Crippen molar-refractivity contribution < 1.29 is 18.3 Å². The van der Waals surface area contributed by atoms with E-state index in [1.807, 2.05) is 17.6 Å². The Balaban J connectivity index is 1.41. The van der Waals surface area contributed by atoms with E-state index in [1.165, 1.54) is 0 Å². The van der Waals surface area contributed by atoms with Crippen LogP contribution in [0.2, 0.25) is 5.02 Å². The molecule has 0 aliphatic carbocycles. The average molecular weight is 597 g/mol. The summed E-state index contributed by atoms with van der Waals surface area (Å²) in [5.41, 5.74) is 7.95. The van der Waals surface area contributed by atoms with Crippen molar-refractivity contribution in [2.45, 2.75) is 44.9 Å². The number of benzene rings is 1. The van der Waals surface area contributed by atoms with E-state index in [-0.39, 0.29) is 47.3 Å². The molecule has 2 aliphatic heterocycles. The summed E-state index contributed by atoms with van der Waals surface area (Å²) in [7, 11) is 1.54. The van der Waals surface area contributed by atoms with E-state index in [0.717, 1.165) is 36.7 Å². The van der Waals surface area contributed by atoms with Crippen molar-refractivity contribution in [3.05, 3.63) is 80.9 Å². The van der Waals surface area contributed by atoms with E-state index in [0.29, 0.717) is 35.4 Å². The van der Waals surface area contributed by atoms with Crippen LogP contribution < -0.4 is 25.5 Å². The maximum atomic E-state index is 14.6. The van der Waals surface area contributed by atoms with Gasteiger partial charge in [0.15, 0.2) is 17.0 Å². The Kier molecular flexibility index (Phi) is 7.63. The zero-order valence-electron chi connectivity index (χ0n) is 23.3.